The van der Waals surface area contributed by atoms with E-state index < -0.39 is 0 Å². The lowest BCUT2D eigenvalue weighted by atomic mass is 9.99. The van der Waals surface area contributed by atoms with Gasteiger partial charge in [0.25, 0.3) is 0 Å². The van der Waals surface area contributed by atoms with Crippen LogP contribution in [-0.4, -0.2) is 5.11 Å². The Morgan fingerprint density at radius 3 is 2.31 bits per heavy atom. The van der Waals surface area contributed by atoms with Gasteiger partial charge in [-0.05, 0) is 22.3 Å². The summed E-state index contributed by atoms with van der Waals surface area (Å²) in [6.45, 7) is 3.90. The first kappa shape index (κ1) is 10.7. The first-order chi connectivity index (χ1) is 7.85. The molecule has 0 amide bonds. The van der Waals surface area contributed by atoms with Crippen LogP contribution in [0, 0.1) is 0 Å². The molecule has 1 nitrogen and oxygen atoms in total. The van der Waals surface area contributed by atoms with Crippen molar-refractivity contribution in [3.63, 3.8) is 0 Å². The Kier molecular flexibility index (Phi) is 3.18. The molecule has 0 bridgehead atoms. The maximum absolute atomic E-state index is 8.98. The fourth-order valence-electron chi connectivity index (χ4n) is 1.73. The number of rotatable bonds is 3. The quantitative estimate of drug-likeness (QED) is 0.822. The van der Waals surface area contributed by atoms with Crippen molar-refractivity contribution in [3.8, 4) is 11.1 Å². The topological polar surface area (TPSA) is 20.2 Å². The minimum atomic E-state index is 0.0867. The fourth-order valence-corrected chi connectivity index (χ4v) is 1.73. The van der Waals surface area contributed by atoms with Crippen LogP contribution in [0.15, 0.2) is 55.1 Å². The van der Waals surface area contributed by atoms with E-state index in [1.807, 2.05) is 48.5 Å². The molecule has 0 heterocycles. The Hall–Kier alpha value is -1.86. The van der Waals surface area contributed by atoms with Crippen LogP contribution in [0.5, 0.6) is 0 Å². The molecule has 1 N–H and O–H groups in total. The molecule has 16 heavy (non-hydrogen) atoms. The average molecular weight is 210 g/mol. The standard InChI is InChI=1S/C15H14O/c1-2-13-5-3-4-6-15(13)14-9-7-12(11-16)8-10-14/h2-10,16H,1,11H2. The van der Waals surface area contributed by atoms with Gasteiger partial charge in [-0.1, -0.05) is 61.2 Å². The van der Waals surface area contributed by atoms with E-state index in [0.717, 1.165) is 16.7 Å². The van der Waals surface area contributed by atoms with Crippen molar-refractivity contribution in [2.45, 2.75) is 6.61 Å². The summed E-state index contributed by atoms with van der Waals surface area (Å²) in [7, 11) is 0. The Bertz CT molecular complexity index is 483. The Morgan fingerprint density at radius 2 is 1.69 bits per heavy atom. The van der Waals surface area contributed by atoms with E-state index in [2.05, 4.69) is 12.6 Å². The third kappa shape index (κ3) is 2.05. The smallest absolute Gasteiger partial charge is 0.0681 e. The largest absolute Gasteiger partial charge is 0.392 e. The predicted molar refractivity (Wildman–Crippen MR) is 67.9 cm³/mol. The van der Waals surface area contributed by atoms with Gasteiger partial charge in [0, 0.05) is 0 Å². The molecular weight excluding hydrogens is 196 g/mol. The van der Waals surface area contributed by atoms with Gasteiger partial charge in [0.2, 0.25) is 0 Å². The molecule has 0 radical (unpaired) electrons. The van der Waals surface area contributed by atoms with Gasteiger partial charge in [0.1, 0.15) is 0 Å². The van der Waals surface area contributed by atoms with Crippen molar-refractivity contribution in [1.82, 2.24) is 0 Å². The molecule has 0 unspecified atom stereocenters. The SMILES string of the molecule is C=Cc1ccccc1-c1ccc(CO)cc1. The third-order valence-corrected chi connectivity index (χ3v) is 2.63. The van der Waals surface area contributed by atoms with Gasteiger partial charge in [0.05, 0.1) is 6.61 Å². The van der Waals surface area contributed by atoms with Crippen LogP contribution in [0.2, 0.25) is 0 Å². The van der Waals surface area contributed by atoms with Crippen LogP contribution in [-0.2, 0) is 6.61 Å². The zero-order chi connectivity index (χ0) is 11.4. The molecule has 80 valence electrons. The number of hydrogen-bond donors (Lipinski definition) is 1. The summed E-state index contributed by atoms with van der Waals surface area (Å²) in [6, 6.07) is 16.1. The highest BCUT2D eigenvalue weighted by molar-refractivity contribution is 5.74. The summed E-state index contributed by atoms with van der Waals surface area (Å²) in [6.07, 6.45) is 1.86. The summed E-state index contributed by atoms with van der Waals surface area (Å²) >= 11 is 0. The number of hydrogen-bond acceptors (Lipinski definition) is 1. The molecule has 0 aromatic heterocycles. The fraction of sp³-hybridized carbons (Fsp3) is 0.0667. The Labute approximate surface area is 95.7 Å². The molecular formula is C15H14O. The van der Waals surface area contributed by atoms with E-state index >= 15 is 0 Å². The molecule has 2 aromatic carbocycles. The van der Waals surface area contributed by atoms with Crippen molar-refractivity contribution in [1.29, 1.82) is 0 Å². The second-order valence-corrected chi connectivity index (χ2v) is 3.65. The van der Waals surface area contributed by atoms with Crippen LogP contribution in [0.1, 0.15) is 11.1 Å². The van der Waals surface area contributed by atoms with Gasteiger partial charge in [0.15, 0.2) is 0 Å². The maximum Gasteiger partial charge on any atom is 0.0681 e. The van der Waals surface area contributed by atoms with Crippen molar-refractivity contribution >= 4 is 6.08 Å². The second kappa shape index (κ2) is 4.77. The molecule has 2 aromatic rings. The van der Waals surface area contributed by atoms with E-state index in [4.69, 9.17) is 5.11 Å². The number of benzene rings is 2. The first-order valence-corrected chi connectivity index (χ1v) is 5.27. The van der Waals surface area contributed by atoms with Crippen molar-refractivity contribution in [2.75, 3.05) is 0 Å². The molecule has 1 heteroatoms. The number of aliphatic hydroxyl groups excluding tert-OH is 1. The summed E-state index contributed by atoms with van der Waals surface area (Å²) in [4.78, 5) is 0. The van der Waals surface area contributed by atoms with Crippen LogP contribution < -0.4 is 0 Å². The Morgan fingerprint density at radius 1 is 1.00 bits per heavy atom. The van der Waals surface area contributed by atoms with Crippen molar-refractivity contribution < 1.29 is 5.11 Å². The van der Waals surface area contributed by atoms with E-state index in [9.17, 15) is 0 Å². The lowest BCUT2D eigenvalue weighted by Gasteiger charge is -2.06. The summed E-state index contributed by atoms with van der Waals surface area (Å²) < 4.78 is 0. The molecule has 0 spiro atoms. The number of aliphatic hydroxyl groups is 1. The van der Waals surface area contributed by atoms with Crippen molar-refractivity contribution in [2.24, 2.45) is 0 Å². The average Bonchev–Trinajstić information content (AvgIpc) is 2.39. The first-order valence-electron chi connectivity index (χ1n) is 5.27. The molecule has 0 fully saturated rings. The molecule has 0 aliphatic rings. The molecule has 0 aliphatic heterocycles. The van der Waals surface area contributed by atoms with E-state index in [1.165, 1.54) is 5.56 Å². The summed E-state index contributed by atoms with van der Waals surface area (Å²) in [5.74, 6) is 0. The van der Waals surface area contributed by atoms with E-state index in [-0.39, 0.29) is 6.61 Å². The van der Waals surface area contributed by atoms with Crippen LogP contribution >= 0.6 is 0 Å². The monoisotopic (exact) mass is 210 g/mol. The van der Waals surface area contributed by atoms with Gasteiger partial charge in [-0.15, -0.1) is 0 Å². The molecule has 0 aliphatic carbocycles. The lowest BCUT2D eigenvalue weighted by molar-refractivity contribution is 0.282. The van der Waals surface area contributed by atoms with E-state index in [1.54, 1.807) is 0 Å². The van der Waals surface area contributed by atoms with Crippen LogP contribution in [0.25, 0.3) is 17.2 Å². The highest BCUT2D eigenvalue weighted by atomic mass is 16.3. The molecule has 0 atom stereocenters. The van der Waals surface area contributed by atoms with Gasteiger partial charge in [-0.25, -0.2) is 0 Å². The highest BCUT2D eigenvalue weighted by Crippen LogP contribution is 2.24. The minimum Gasteiger partial charge on any atom is -0.392 e. The van der Waals surface area contributed by atoms with Crippen molar-refractivity contribution in [3.05, 3.63) is 66.2 Å². The maximum atomic E-state index is 8.98. The molecule has 0 saturated heterocycles. The van der Waals surface area contributed by atoms with Crippen LogP contribution in [0.4, 0.5) is 0 Å². The minimum absolute atomic E-state index is 0.0867. The predicted octanol–water partition coefficient (Wildman–Crippen LogP) is 3.49. The van der Waals surface area contributed by atoms with Gasteiger partial charge in [-0.3, -0.25) is 0 Å². The second-order valence-electron chi connectivity index (χ2n) is 3.65. The van der Waals surface area contributed by atoms with Crippen LogP contribution in [0.3, 0.4) is 0 Å². The highest BCUT2D eigenvalue weighted by Gasteiger charge is 2.01. The van der Waals surface area contributed by atoms with Gasteiger partial charge < -0.3 is 5.11 Å². The Balaban J connectivity index is 2.46. The molecule has 0 saturated carbocycles. The zero-order valence-corrected chi connectivity index (χ0v) is 9.06. The van der Waals surface area contributed by atoms with Gasteiger partial charge >= 0.3 is 0 Å². The molecule has 2 rings (SSSR count). The third-order valence-electron chi connectivity index (χ3n) is 2.63. The van der Waals surface area contributed by atoms with Gasteiger partial charge in [-0.2, -0.15) is 0 Å². The zero-order valence-electron chi connectivity index (χ0n) is 9.06. The lowest BCUT2D eigenvalue weighted by Crippen LogP contribution is -1.85. The summed E-state index contributed by atoms with van der Waals surface area (Å²) in [5.41, 5.74) is 4.37. The van der Waals surface area contributed by atoms with E-state index in [0.29, 0.717) is 0 Å². The summed E-state index contributed by atoms with van der Waals surface area (Å²) in [5, 5.41) is 8.98. The normalized spacial score (nSPS) is 10.1.